The molecular weight excluding hydrogens is 358 g/mol. The number of nitrogens with one attached hydrogen (secondary N) is 1. The molecule has 0 fully saturated rings. The van der Waals surface area contributed by atoms with Gasteiger partial charge in [0.2, 0.25) is 5.91 Å². The van der Waals surface area contributed by atoms with Crippen molar-refractivity contribution in [3.05, 3.63) is 65.2 Å². The average molecular weight is 388 g/mol. The Morgan fingerprint density at radius 1 is 1.07 bits per heavy atom. The fourth-order valence-corrected chi connectivity index (χ4v) is 4.20. The second kappa shape index (κ2) is 8.81. The topological polar surface area (TPSA) is 66.4 Å². The monoisotopic (exact) mass is 387 g/mol. The van der Waals surface area contributed by atoms with E-state index in [-0.39, 0.29) is 17.7 Å². The fourth-order valence-electron chi connectivity index (χ4n) is 2.82. The van der Waals surface area contributed by atoms with Crippen molar-refractivity contribution in [1.29, 1.82) is 0 Å². The molecule has 0 saturated carbocycles. The van der Waals surface area contributed by atoms with Gasteiger partial charge in [-0.1, -0.05) is 63.2 Å². The third-order valence-electron chi connectivity index (χ3n) is 4.52. The maximum absolute atomic E-state index is 13.0. The predicted molar refractivity (Wildman–Crippen MR) is 110 cm³/mol. The van der Waals surface area contributed by atoms with E-state index in [1.54, 1.807) is 6.07 Å². The third kappa shape index (κ3) is 5.50. The second-order valence-electron chi connectivity index (χ2n) is 7.87. The van der Waals surface area contributed by atoms with E-state index in [1.807, 2.05) is 77.1 Å². The van der Waals surface area contributed by atoms with Crippen LogP contribution in [0.5, 0.6) is 0 Å². The Kier molecular flexibility index (Phi) is 6.95. The number of aliphatic hydroxyl groups is 1. The van der Waals surface area contributed by atoms with Gasteiger partial charge in [-0.15, -0.1) is 0 Å². The first kappa shape index (κ1) is 21.3. The smallest absolute Gasteiger partial charge is 0.225 e. The Morgan fingerprint density at radius 3 is 2.22 bits per heavy atom. The normalized spacial score (nSPS) is 15.0. The molecule has 146 valence electrons. The number of hydrogen-bond donors (Lipinski definition) is 2. The Balaban J connectivity index is 2.20. The van der Waals surface area contributed by atoms with Gasteiger partial charge in [0.25, 0.3) is 0 Å². The van der Waals surface area contributed by atoms with Gasteiger partial charge in [-0.3, -0.25) is 9.00 Å². The molecule has 0 aliphatic heterocycles. The number of amides is 1. The zero-order chi connectivity index (χ0) is 20.2. The van der Waals surface area contributed by atoms with Crippen molar-refractivity contribution in [3.8, 4) is 0 Å². The molecule has 0 bridgehead atoms. The molecule has 0 saturated heterocycles. The van der Waals surface area contributed by atoms with Gasteiger partial charge >= 0.3 is 0 Å². The first-order valence-electron chi connectivity index (χ1n) is 9.13. The van der Waals surface area contributed by atoms with E-state index >= 15 is 0 Å². The minimum Gasteiger partial charge on any atom is -0.387 e. The first-order valence-corrected chi connectivity index (χ1v) is 10.4. The maximum Gasteiger partial charge on any atom is 0.225 e. The van der Waals surface area contributed by atoms with Gasteiger partial charge in [0.05, 0.1) is 28.7 Å². The molecule has 0 unspecified atom stereocenters. The highest BCUT2D eigenvalue weighted by molar-refractivity contribution is 7.85. The van der Waals surface area contributed by atoms with Crippen LogP contribution in [0, 0.1) is 12.3 Å². The van der Waals surface area contributed by atoms with E-state index in [1.165, 1.54) is 0 Å². The van der Waals surface area contributed by atoms with Crippen LogP contribution in [0.15, 0.2) is 53.4 Å². The zero-order valence-electron chi connectivity index (χ0n) is 16.7. The van der Waals surface area contributed by atoms with Crippen molar-refractivity contribution in [3.63, 3.8) is 0 Å². The summed E-state index contributed by atoms with van der Waals surface area (Å²) < 4.78 is 13.0. The Labute approximate surface area is 164 Å². The quantitative estimate of drug-likeness (QED) is 0.785. The summed E-state index contributed by atoms with van der Waals surface area (Å²) >= 11 is 0. The summed E-state index contributed by atoms with van der Waals surface area (Å²) in [7, 11) is -1.39. The minimum atomic E-state index is -1.39. The molecule has 27 heavy (non-hydrogen) atoms. The number of carbonyl (C=O) groups is 1. The summed E-state index contributed by atoms with van der Waals surface area (Å²) in [5.41, 5.74) is 2.08. The highest BCUT2D eigenvalue weighted by atomic mass is 32.2. The SMILES string of the molecule is Cc1ccccc1[C@H](O)C[S@](=O)c1ccccc1[C@@H](C)NC(=O)C(C)(C)C. The van der Waals surface area contributed by atoms with E-state index in [0.717, 1.165) is 16.7 Å². The van der Waals surface area contributed by atoms with Crippen molar-refractivity contribution in [2.24, 2.45) is 5.41 Å². The molecular formula is C22H29NO3S. The van der Waals surface area contributed by atoms with Crippen molar-refractivity contribution in [1.82, 2.24) is 5.32 Å². The first-order chi connectivity index (χ1) is 12.6. The molecule has 0 heterocycles. The number of aliphatic hydroxyl groups excluding tert-OH is 1. The maximum atomic E-state index is 13.0. The van der Waals surface area contributed by atoms with Gasteiger partial charge in [0.1, 0.15) is 0 Å². The van der Waals surface area contributed by atoms with Crippen molar-refractivity contribution < 1.29 is 14.1 Å². The number of rotatable bonds is 6. The molecule has 5 heteroatoms. The Bertz CT molecular complexity index is 826. The van der Waals surface area contributed by atoms with Crippen LogP contribution >= 0.6 is 0 Å². The van der Waals surface area contributed by atoms with Gasteiger partial charge < -0.3 is 10.4 Å². The average Bonchev–Trinajstić information content (AvgIpc) is 2.61. The van der Waals surface area contributed by atoms with Crippen LogP contribution in [-0.2, 0) is 15.6 Å². The molecule has 0 radical (unpaired) electrons. The molecule has 2 aromatic rings. The molecule has 2 aromatic carbocycles. The van der Waals surface area contributed by atoms with Crippen LogP contribution in [0.2, 0.25) is 0 Å². The second-order valence-corrected chi connectivity index (χ2v) is 9.33. The number of carbonyl (C=O) groups excluding carboxylic acids is 1. The van der Waals surface area contributed by atoms with E-state index in [4.69, 9.17) is 0 Å². The van der Waals surface area contributed by atoms with E-state index < -0.39 is 22.3 Å². The van der Waals surface area contributed by atoms with E-state index in [2.05, 4.69) is 5.32 Å². The summed E-state index contributed by atoms with van der Waals surface area (Å²) in [5, 5.41) is 13.5. The number of hydrogen-bond acceptors (Lipinski definition) is 3. The largest absolute Gasteiger partial charge is 0.387 e. The number of aryl methyl sites for hydroxylation is 1. The molecule has 0 aliphatic rings. The number of benzene rings is 2. The molecule has 2 rings (SSSR count). The molecule has 2 N–H and O–H groups in total. The third-order valence-corrected chi connectivity index (χ3v) is 6.00. The molecule has 1 amide bonds. The van der Waals surface area contributed by atoms with Crippen molar-refractivity contribution >= 4 is 16.7 Å². The van der Waals surface area contributed by atoms with Crippen LogP contribution in [0.1, 0.15) is 56.5 Å². The van der Waals surface area contributed by atoms with Gasteiger partial charge in [0.15, 0.2) is 0 Å². The lowest BCUT2D eigenvalue weighted by molar-refractivity contribution is -0.129. The zero-order valence-corrected chi connectivity index (χ0v) is 17.5. The van der Waals surface area contributed by atoms with Gasteiger partial charge in [-0.25, -0.2) is 0 Å². The van der Waals surface area contributed by atoms with Crippen LogP contribution in [-0.4, -0.2) is 21.0 Å². The van der Waals surface area contributed by atoms with Gasteiger partial charge in [-0.05, 0) is 36.6 Å². The van der Waals surface area contributed by atoms with Gasteiger partial charge in [-0.2, -0.15) is 0 Å². The summed E-state index contributed by atoms with van der Waals surface area (Å²) in [4.78, 5) is 12.9. The van der Waals surface area contributed by atoms with Gasteiger partial charge in [0, 0.05) is 10.3 Å². The highest BCUT2D eigenvalue weighted by Gasteiger charge is 2.25. The summed E-state index contributed by atoms with van der Waals surface area (Å²) in [6.07, 6.45) is -0.806. The van der Waals surface area contributed by atoms with Crippen LogP contribution < -0.4 is 5.32 Å². The standard InChI is InChI=1S/C22H29NO3S/c1-15-10-6-7-11-17(15)19(24)14-27(26)20-13-9-8-12-18(20)16(2)23-21(25)22(3,4)5/h6-13,16,19,24H,14H2,1-5H3,(H,23,25)/t16-,19-,27+/m1/s1. The minimum absolute atomic E-state index is 0.0597. The predicted octanol–water partition coefficient (Wildman–Crippen LogP) is 4.06. The van der Waals surface area contributed by atoms with Crippen LogP contribution in [0.25, 0.3) is 0 Å². The Hall–Kier alpha value is -1.98. The lowest BCUT2D eigenvalue weighted by atomic mass is 9.94. The lowest BCUT2D eigenvalue weighted by Crippen LogP contribution is -2.36. The summed E-state index contributed by atoms with van der Waals surface area (Å²) in [5.74, 6) is 0.0532. The van der Waals surface area contributed by atoms with Crippen LogP contribution in [0.3, 0.4) is 0 Å². The fraction of sp³-hybridized carbons (Fsp3) is 0.409. The summed E-state index contributed by atoms with van der Waals surface area (Å²) in [6.45, 7) is 9.39. The molecule has 3 atom stereocenters. The van der Waals surface area contributed by atoms with Crippen molar-refractivity contribution in [2.75, 3.05) is 5.75 Å². The van der Waals surface area contributed by atoms with Crippen LogP contribution in [0.4, 0.5) is 0 Å². The van der Waals surface area contributed by atoms with E-state index in [9.17, 15) is 14.1 Å². The highest BCUT2D eigenvalue weighted by Crippen LogP contribution is 2.26. The van der Waals surface area contributed by atoms with Crippen molar-refractivity contribution in [2.45, 2.75) is 51.7 Å². The molecule has 0 spiro atoms. The molecule has 0 aromatic heterocycles. The Morgan fingerprint density at radius 2 is 1.63 bits per heavy atom. The van der Waals surface area contributed by atoms with E-state index in [0.29, 0.717) is 4.90 Å². The lowest BCUT2D eigenvalue weighted by Gasteiger charge is -2.23. The summed E-state index contributed by atoms with van der Waals surface area (Å²) in [6, 6.07) is 14.7. The molecule has 0 aliphatic carbocycles. The molecule has 4 nitrogen and oxygen atoms in total.